The molecule has 8 heteroatoms. The number of H-pyrrole nitrogens is 1. The summed E-state index contributed by atoms with van der Waals surface area (Å²) in [7, 11) is 0. The second-order valence-corrected chi connectivity index (χ2v) is 5.35. The molecule has 0 saturated heterocycles. The van der Waals surface area contributed by atoms with E-state index in [1.165, 1.54) is 23.9 Å². The number of hydrogen-bond donors (Lipinski definition) is 4. The van der Waals surface area contributed by atoms with Crippen molar-refractivity contribution < 1.29 is 14.7 Å². The molecule has 2 amide bonds. The molecule has 112 valence electrons. The highest BCUT2D eigenvalue weighted by atomic mass is 32.1. The van der Waals surface area contributed by atoms with Crippen LogP contribution in [0.15, 0.2) is 29.4 Å². The highest BCUT2D eigenvalue weighted by Gasteiger charge is 2.21. The molecule has 0 radical (unpaired) electrons. The lowest BCUT2D eigenvalue weighted by atomic mass is 10.1. The number of amides is 2. The number of aromatic amines is 1. The lowest BCUT2D eigenvalue weighted by Gasteiger charge is -2.17. The second-order valence-electron chi connectivity index (χ2n) is 4.57. The molecule has 7 nitrogen and oxygen atoms in total. The summed E-state index contributed by atoms with van der Waals surface area (Å²) in [6.07, 6.45) is 3.14. The number of carbonyl (C=O) groups excluding carboxylic acids is 1. The average Bonchev–Trinajstić information content (AvgIpc) is 3.10. The van der Waals surface area contributed by atoms with Gasteiger partial charge in [0.25, 0.3) is 0 Å². The third-order valence-corrected chi connectivity index (χ3v) is 3.67. The fraction of sp³-hybridized carbons (Fsp3) is 0.308. The number of rotatable bonds is 6. The Morgan fingerprint density at radius 2 is 2.29 bits per heavy atom. The topological polar surface area (TPSA) is 107 Å². The Morgan fingerprint density at radius 3 is 2.86 bits per heavy atom. The van der Waals surface area contributed by atoms with Gasteiger partial charge in [-0.25, -0.2) is 14.6 Å². The van der Waals surface area contributed by atoms with Crippen LogP contribution in [0.2, 0.25) is 0 Å². The molecular formula is C13H16N4O3S. The number of urea groups is 1. The van der Waals surface area contributed by atoms with Gasteiger partial charge in [-0.05, 0) is 29.3 Å². The third-order valence-electron chi connectivity index (χ3n) is 2.97. The molecule has 1 unspecified atom stereocenters. The number of nitrogens with zero attached hydrogens (tertiary/aromatic N) is 1. The van der Waals surface area contributed by atoms with Crippen LogP contribution >= 0.6 is 11.3 Å². The number of aromatic nitrogens is 2. The Labute approximate surface area is 125 Å². The van der Waals surface area contributed by atoms with Crippen molar-refractivity contribution in [3.05, 3.63) is 40.6 Å². The highest BCUT2D eigenvalue weighted by Crippen LogP contribution is 2.15. The van der Waals surface area contributed by atoms with Crippen molar-refractivity contribution in [3.63, 3.8) is 0 Å². The minimum atomic E-state index is -1.09. The fourth-order valence-electron chi connectivity index (χ4n) is 1.82. The lowest BCUT2D eigenvalue weighted by molar-refractivity contribution is -0.139. The first-order valence-corrected chi connectivity index (χ1v) is 7.29. The number of thiophene rings is 1. The Balaban J connectivity index is 1.90. The van der Waals surface area contributed by atoms with Crippen LogP contribution in [-0.4, -0.2) is 33.1 Å². The summed E-state index contributed by atoms with van der Waals surface area (Å²) in [6.45, 7) is 1.84. The van der Waals surface area contributed by atoms with E-state index in [1.54, 1.807) is 0 Å². The smallest absolute Gasteiger partial charge is 0.326 e. The zero-order valence-corrected chi connectivity index (χ0v) is 12.2. The molecule has 0 bridgehead atoms. The predicted molar refractivity (Wildman–Crippen MR) is 78.1 cm³/mol. The SMILES string of the molecule is CC(NC(=O)N[C@@H](Cc1cnc[nH]1)C(=O)O)c1ccsc1. The summed E-state index contributed by atoms with van der Waals surface area (Å²) < 4.78 is 0. The number of hydrogen-bond acceptors (Lipinski definition) is 4. The summed E-state index contributed by atoms with van der Waals surface area (Å²) in [6, 6.07) is 0.202. The highest BCUT2D eigenvalue weighted by molar-refractivity contribution is 7.07. The van der Waals surface area contributed by atoms with Crippen LogP contribution in [0.1, 0.15) is 24.2 Å². The van der Waals surface area contributed by atoms with Gasteiger partial charge in [0.05, 0.1) is 12.4 Å². The number of imidazole rings is 1. The van der Waals surface area contributed by atoms with E-state index in [1.807, 2.05) is 23.8 Å². The summed E-state index contributed by atoms with van der Waals surface area (Å²) in [4.78, 5) is 29.7. The van der Waals surface area contributed by atoms with Crippen molar-refractivity contribution in [1.29, 1.82) is 0 Å². The first-order chi connectivity index (χ1) is 10.1. The van der Waals surface area contributed by atoms with Gasteiger partial charge in [-0.2, -0.15) is 11.3 Å². The van der Waals surface area contributed by atoms with E-state index in [4.69, 9.17) is 5.11 Å². The quantitative estimate of drug-likeness (QED) is 0.649. The van der Waals surface area contributed by atoms with Crippen LogP contribution in [0.4, 0.5) is 4.79 Å². The molecule has 0 aliphatic heterocycles. The van der Waals surface area contributed by atoms with Gasteiger partial charge in [0.1, 0.15) is 6.04 Å². The zero-order chi connectivity index (χ0) is 15.2. The zero-order valence-electron chi connectivity index (χ0n) is 11.4. The maximum atomic E-state index is 11.9. The minimum absolute atomic E-state index is 0.148. The van der Waals surface area contributed by atoms with Crippen molar-refractivity contribution in [2.24, 2.45) is 0 Å². The van der Waals surface area contributed by atoms with Gasteiger partial charge < -0.3 is 20.7 Å². The molecule has 2 atom stereocenters. The molecule has 0 aromatic carbocycles. The summed E-state index contributed by atoms with van der Waals surface area (Å²) in [5, 5.41) is 18.2. The molecule has 4 N–H and O–H groups in total. The van der Waals surface area contributed by atoms with Gasteiger partial charge in [-0.3, -0.25) is 0 Å². The van der Waals surface area contributed by atoms with Crippen molar-refractivity contribution in [2.45, 2.75) is 25.4 Å². The molecular weight excluding hydrogens is 292 g/mol. The molecule has 2 aromatic rings. The number of carbonyl (C=O) groups is 2. The standard InChI is InChI=1S/C13H16N4O3S/c1-8(9-2-3-21-6-9)16-13(20)17-11(12(18)19)4-10-5-14-7-15-10/h2-3,5-8,11H,4H2,1H3,(H,14,15)(H,18,19)(H2,16,17,20)/t8?,11-/m0/s1. The van der Waals surface area contributed by atoms with Crippen molar-refractivity contribution in [1.82, 2.24) is 20.6 Å². The minimum Gasteiger partial charge on any atom is -0.480 e. The number of nitrogens with one attached hydrogen (secondary N) is 3. The number of carboxylic acids is 1. The van der Waals surface area contributed by atoms with Crippen LogP contribution in [-0.2, 0) is 11.2 Å². The van der Waals surface area contributed by atoms with Gasteiger partial charge in [0, 0.05) is 18.3 Å². The average molecular weight is 308 g/mol. The van der Waals surface area contributed by atoms with Gasteiger partial charge in [-0.15, -0.1) is 0 Å². The van der Waals surface area contributed by atoms with E-state index in [0.29, 0.717) is 5.69 Å². The summed E-state index contributed by atoms with van der Waals surface area (Å²) in [5.41, 5.74) is 1.63. The van der Waals surface area contributed by atoms with Crippen LogP contribution < -0.4 is 10.6 Å². The van der Waals surface area contributed by atoms with E-state index >= 15 is 0 Å². The second kappa shape index (κ2) is 6.89. The Morgan fingerprint density at radius 1 is 1.48 bits per heavy atom. The first-order valence-electron chi connectivity index (χ1n) is 6.35. The monoisotopic (exact) mass is 308 g/mol. The van der Waals surface area contributed by atoms with E-state index in [9.17, 15) is 9.59 Å². The number of carboxylic acid groups (broad SMARTS) is 1. The first kappa shape index (κ1) is 15.0. The van der Waals surface area contributed by atoms with Crippen LogP contribution in [0.25, 0.3) is 0 Å². The van der Waals surface area contributed by atoms with Crippen molar-refractivity contribution in [2.75, 3.05) is 0 Å². The summed E-state index contributed by atoms with van der Waals surface area (Å²) >= 11 is 1.54. The van der Waals surface area contributed by atoms with Gasteiger partial charge in [-0.1, -0.05) is 0 Å². The molecule has 0 spiro atoms. The molecule has 2 heterocycles. The predicted octanol–water partition coefficient (Wildman–Crippen LogP) is 1.53. The molecule has 2 aromatic heterocycles. The van der Waals surface area contributed by atoms with E-state index in [0.717, 1.165) is 5.56 Å². The van der Waals surface area contributed by atoms with Crippen LogP contribution in [0.3, 0.4) is 0 Å². The van der Waals surface area contributed by atoms with E-state index in [-0.39, 0.29) is 12.5 Å². The molecule has 2 rings (SSSR count). The molecule has 21 heavy (non-hydrogen) atoms. The Kier molecular flexibility index (Phi) is 4.94. The van der Waals surface area contributed by atoms with Crippen molar-refractivity contribution >= 4 is 23.3 Å². The fourth-order valence-corrected chi connectivity index (χ4v) is 2.57. The maximum Gasteiger partial charge on any atom is 0.326 e. The van der Waals surface area contributed by atoms with E-state index < -0.39 is 18.0 Å². The van der Waals surface area contributed by atoms with Gasteiger partial charge in [0.15, 0.2) is 0 Å². The van der Waals surface area contributed by atoms with Crippen LogP contribution in [0.5, 0.6) is 0 Å². The maximum absolute atomic E-state index is 11.9. The van der Waals surface area contributed by atoms with Gasteiger partial charge in [0.2, 0.25) is 0 Å². The normalized spacial score (nSPS) is 13.4. The molecule has 0 aliphatic carbocycles. The van der Waals surface area contributed by atoms with Crippen molar-refractivity contribution in [3.8, 4) is 0 Å². The summed E-state index contributed by atoms with van der Waals surface area (Å²) in [5.74, 6) is -1.09. The largest absolute Gasteiger partial charge is 0.480 e. The molecule has 0 saturated carbocycles. The van der Waals surface area contributed by atoms with Gasteiger partial charge >= 0.3 is 12.0 Å². The third kappa shape index (κ3) is 4.32. The molecule has 0 fully saturated rings. The van der Waals surface area contributed by atoms with Crippen LogP contribution in [0, 0.1) is 0 Å². The van der Waals surface area contributed by atoms with E-state index in [2.05, 4.69) is 20.6 Å². The Bertz CT molecular complexity index is 583. The Hall–Kier alpha value is -2.35. The number of aliphatic carboxylic acids is 1. The molecule has 0 aliphatic rings. The lowest BCUT2D eigenvalue weighted by Crippen LogP contribution is -2.47.